The summed E-state index contributed by atoms with van der Waals surface area (Å²) < 4.78 is 0. The zero-order valence-electron chi connectivity index (χ0n) is 24.7. The number of carbonyl (C=O) groups is 5. The van der Waals surface area contributed by atoms with Crippen LogP contribution in [-0.2, 0) is 32.0 Å². The van der Waals surface area contributed by atoms with Crippen molar-refractivity contribution in [2.75, 3.05) is 13.1 Å². The molecule has 0 heterocycles. The van der Waals surface area contributed by atoms with Crippen LogP contribution in [0.25, 0.3) is 0 Å². The topological polar surface area (TPSA) is 264 Å². The van der Waals surface area contributed by atoms with Gasteiger partial charge in [0.15, 0.2) is 5.96 Å². The molecule has 0 saturated carbocycles. The number of carbonyl (C=O) groups excluding carboxylic acids is 5. The van der Waals surface area contributed by atoms with Crippen LogP contribution < -0.4 is 44.6 Å². The van der Waals surface area contributed by atoms with E-state index in [9.17, 15) is 24.0 Å². The Labute approximate surface area is 256 Å². The predicted octanol–water partition coefficient (Wildman–Crippen LogP) is -1.31. The van der Waals surface area contributed by atoms with E-state index >= 15 is 0 Å². The summed E-state index contributed by atoms with van der Waals surface area (Å²) in [5, 5.41) is 8.11. The van der Waals surface area contributed by atoms with E-state index in [2.05, 4.69) is 20.9 Å². The molecule has 238 valence electrons. The van der Waals surface area contributed by atoms with Crippen LogP contribution in [0.3, 0.4) is 0 Å². The second-order valence-corrected chi connectivity index (χ2v) is 10.3. The molecular weight excluding hydrogens is 566 g/mol. The van der Waals surface area contributed by atoms with Crippen molar-refractivity contribution >= 4 is 35.5 Å². The number of hydrogen-bond acceptors (Lipinski definition) is 7. The summed E-state index contributed by atoms with van der Waals surface area (Å²) in [4.78, 5) is 67.3. The normalized spacial score (nSPS) is 12.7. The monoisotopic (exact) mass is 609 g/mol. The maximum absolute atomic E-state index is 13.5. The van der Waals surface area contributed by atoms with E-state index in [4.69, 9.17) is 28.7 Å². The molecule has 0 radical (unpaired) electrons. The molecule has 0 aliphatic carbocycles. The van der Waals surface area contributed by atoms with Gasteiger partial charge in [-0.3, -0.25) is 29.0 Å². The molecule has 2 rings (SSSR count). The van der Waals surface area contributed by atoms with Crippen LogP contribution in [0.4, 0.5) is 0 Å². The number of nitrogens with one attached hydrogen (secondary N) is 3. The minimum atomic E-state index is -1.16. The van der Waals surface area contributed by atoms with Crippen LogP contribution >= 0.6 is 0 Å². The van der Waals surface area contributed by atoms with Crippen LogP contribution in [0, 0.1) is 0 Å². The van der Waals surface area contributed by atoms with E-state index in [0.717, 1.165) is 5.56 Å². The Morgan fingerprint density at radius 2 is 1.30 bits per heavy atom. The highest BCUT2D eigenvalue weighted by molar-refractivity contribution is 5.95. The Kier molecular flexibility index (Phi) is 14.8. The lowest BCUT2D eigenvalue weighted by Gasteiger charge is -2.25. The van der Waals surface area contributed by atoms with Crippen molar-refractivity contribution in [3.63, 3.8) is 0 Å². The van der Waals surface area contributed by atoms with Crippen LogP contribution in [0.2, 0.25) is 0 Å². The van der Waals surface area contributed by atoms with Crippen LogP contribution in [0.5, 0.6) is 0 Å². The lowest BCUT2D eigenvalue weighted by Crippen LogP contribution is -2.57. The number of guanidine groups is 1. The van der Waals surface area contributed by atoms with E-state index in [1.54, 1.807) is 24.3 Å². The van der Waals surface area contributed by atoms with E-state index in [-0.39, 0.29) is 43.2 Å². The Morgan fingerprint density at radius 1 is 0.682 bits per heavy atom. The molecular formula is C30H43N9O5. The van der Waals surface area contributed by atoms with Crippen molar-refractivity contribution < 1.29 is 24.0 Å². The van der Waals surface area contributed by atoms with Crippen molar-refractivity contribution in [3.8, 4) is 0 Å². The Bertz CT molecular complexity index is 1280. The van der Waals surface area contributed by atoms with Gasteiger partial charge in [0.25, 0.3) is 0 Å². The summed E-state index contributed by atoms with van der Waals surface area (Å²) in [6.45, 7) is 0.637. The lowest BCUT2D eigenvalue weighted by atomic mass is 10.0. The van der Waals surface area contributed by atoms with Gasteiger partial charge in [0.05, 0.1) is 6.42 Å². The average Bonchev–Trinajstić information content (AvgIpc) is 2.98. The summed E-state index contributed by atoms with van der Waals surface area (Å²) in [5.41, 5.74) is 28.8. The fourth-order valence-electron chi connectivity index (χ4n) is 4.37. The molecule has 0 spiro atoms. The van der Waals surface area contributed by atoms with Crippen LogP contribution in [0.1, 0.15) is 53.6 Å². The van der Waals surface area contributed by atoms with Gasteiger partial charge in [-0.1, -0.05) is 42.5 Å². The first-order valence-electron chi connectivity index (χ1n) is 14.4. The van der Waals surface area contributed by atoms with Crippen LogP contribution in [-0.4, -0.2) is 66.7 Å². The molecule has 0 unspecified atom stereocenters. The van der Waals surface area contributed by atoms with Crippen molar-refractivity contribution in [1.82, 2.24) is 16.0 Å². The smallest absolute Gasteiger partial charge is 0.248 e. The van der Waals surface area contributed by atoms with Crippen molar-refractivity contribution in [2.24, 2.45) is 33.7 Å². The van der Waals surface area contributed by atoms with E-state index < -0.39 is 41.8 Å². The minimum Gasteiger partial charge on any atom is -0.370 e. The Morgan fingerprint density at radius 3 is 1.89 bits per heavy atom. The number of amides is 5. The molecule has 0 bridgehead atoms. The number of hydrogen-bond donors (Lipinski definition) is 8. The zero-order chi connectivity index (χ0) is 32.5. The lowest BCUT2D eigenvalue weighted by molar-refractivity contribution is -0.133. The molecule has 5 amide bonds. The van der Waals surface area contributed by atoms with Gasteiger partial charge in [-0.2, -0.15) is 0 Å². The maximum Gasteiger partial charge on any atom is 0.248 e. The van der Waals surface area contributed by atoms with E-state index in [0.29, 0.717) is 37.8 Å². The molecule has 0 aliphatic rings. The largest absolute Gasteiger partial charge is 0.370 e. The molecule has 3 atom stereocenters. The number of rotatable bonds is 19. The third-order valence-electron chi connectivity index (χ3n) is 6.72. The number of aliphatic imine (C=N–C) groups is 1. The van der Waals surface area contributed by atoms with Gasteiger partial charge in [0, 0.05) is 18.5 Å². The molecule has 0 aliphatic heterocycles. The van der Waals surface area contributed by atoms with E-state index in [1.165, 1.54) is 12.1 Å². The molecule has 2 aromatic rings. The van der Waals surface area contributed by atoms with Gasteiger partial charge in [-0.05, 0) is 61.9 Å². The minimum absolute atomic E-state index is 0.00355. The highest BCUT2D eigenvalue weighted by Crippen LogP contribution is 2.10. The molecule has 0 fully saturated rings. The van der Waals surface area contributed by atoms with Gasteiger partial charge >= 0.3 is 0 Å². The molecule has 14 heteroatoms. The number of nitrogens with two attached hydrogens (primary N) is 5. The summed E-state index contributed by atoms with van der Waals surface area (Å²) in [5.74, 6) is -3.10. The van der Waals surface area contributed by atoms with Gasteiger partial charge in [-0.25, -0.2) is 0 Å². The quantitative estimate of drug-likeness (QED) is 0.0537. The zero-order valence-corrected chi connectivity index (χ0v) is 24.7. The predicted molar refractivity (Wildman–Crippen MR) is 167 cm³/mol. The highest BCUT2D eigenvalue weighted by Gasteiger charge is 2.29. The molecule has 0 saturated heterocycles. The fourth-order valence-corrected chi connectivity index (χ4v) is 4.37. The summed E-state index contributed by atoms with van der Waals surface area (Å²) in [6, 6.07) is 12.1. The average molecular weight is 610 g/mol. The SMILES string of the molecule is NCCCC[C@H](NC(=O)Cc1ccccc1)C(=O)N[C@@H](Cc1ccc(C(N)=O)cc1)C(=O)N[C@@H](CCCN=C(N)N)C(N)=O. The summed E-state index contributed by atoms with van der Waals surface area (Å²) in [7, 11) is 0. The van der Waals surface area contributed by atoms with Crippen molar-refractivity contribution in [1.29, 1.82) is 0 Å². The highest BCUT2D eigenvalue weighted by atomic mass is 16.2. The standard InChI is InChI=1S/C30H43N9O5/c31-15-5-4-9-23(37-25(40)18-19-7-2-1-3-8-19)28(43)39-24(17-20-11-13-21(14-12-20)26(32)41)29(44)38-22(27(33)42)10-6-16-36-30(34)35/h1-3,7-8,11-14,22-24H,4-6,9-10,15-18,31H2,(H2,32,41)(H2,33,42)(H,37,40)(H,38,44)(H,39,43)(H4,34,35,36)/t22-,23-,24-/m0/s1. The van der Waals surface area contributed by atoms with Gasteiger partial charge in [-0.15, -0.1) is 0 Å². The van der Waals surface area contributed by atoms with Gasteiger partial charge in [0.2, 0.25) is 29.5 Å². The molecule has 14 nitrogen and oxygen atoms in total. The second-order valence-electron chi connectivity index (χ2n) is 10.3. The maximum atomic E-state index is 13.5. The van der Waals surface area contributed by atoms with E-state index in [1.807, 2.05) is 18.2 Å². The first kappa shape index (κ1) is 35.2. The Balaban J connectivity index is 2.25. The molecule has 2 aromatic carbocycles. The van der Waals surface area contributed by atoms with Gasteiger partial charge in [0.1, 0.15) is 18.1 Å². The number of benzene rings is 2. The van der Waals surface area contributed by atoms with Crippen molar-refractivity contribution in [2.45, 2.75) is 63.1 Å². The number of unbranched alkanes of at least 4 members (excludes halogenated alkanes) is 1. The molecule has 44 heavy (non-hydrogen) atoms. The molecule has 0 aromatic heterocycles. The van der Waals surface area contributed by atoms with Gasteiger partial charge < -0.3 is 44.6 Å². The first-order chi connectivity index (χ1) is 21.0. The number of primary amides is 2. The van der Waals surface area contributed by atoms with Crippen molar-refractivity contribution in [3.05, 3.63) is 71.3 Å². The molecule has 13 N–H and O–H groups in total. The van der Waals surface area contributed by atoms with Crippen LogP contribution in [0.15, 0.2) is 59.6 Å². The summed E-state index contributed by atoms with van der Waals surface area (Å²) in [6.07, 6.45) is 2.07. The first-order valence-corrected chi connectivity index (χ1v) is 14.4. The number of nitrogens with zero attached hydrogens (tertiary/aromatic N) is 1. The third kappa shape index (κ3) is 12.9. The Hall–Kier alpha value is -4.98. The summed E-state index contributed by atoms with van der Waals surface area (Å²) >= 11 is 0. The fraction of sp³-hybridized carbons (Fsp3) is 0.400. The third-order valence-corrected chi connectivity index (χ3v) is 6.72. The second kappa shape index (κ2) is 18.5.